The highest BCUT2D eigenvalue weighted by Gasteiger charge is 2.57. The van der Waals surface area contributed by atoms with Gasteiger partial charge in [-0.3, -0.25) is 0 Å². The molecule has 0 saturated heterocycles. The van der Waals surface area contributed by atoms with E-state index in [4.69, 9.17) is 5.11 Å². The van der Waals surface area contributed by atoms with Gasteiger partial charge >= 0.3 is 12.0 Å². The summed E-state index contributed by atoms with van der Waals surface area (Å²) < 4.78 is 62.1. The first kappa shape index (κ1) is 10.9. The van der Waals surface area contributed by atoms with Crippen molar-refractivity contribution in [1.82, 2.24) is 0 Å². The summed E-state index contributed by atoms with van der Waals surface area (Å²) in [7, 11) is 0. The molecule has 0 aliphatic rings. The van der Waals surface area contributed by atoms with Crippen LogP contribution in [0.1, 0.15) is 5.56 Å². The van der Waals surface area contributed by atoms with Crippen LogP contribution in [-0.4, -0.2) is 11.2 Å². The lowest BCUT2D eigenvalue weighted by Crippen LogP contribution is -2.38. The standard InChI is InChI=1S/C8H5F5O/c9-6-4-2-1-3-5(6)7(10,11)8(12,13)14/h1-4,14H. The number of rotatable bonds is 2. The van der Waals surface area contributed by atoms with E-state index in [9.17, 15) is 22.0 Å². The van der Waals surface area contributed by atoms with Crippen molar-refractivity contribution in [3.63, 3.8) is 0 Å². The van der Waals surface area contributed by atoms with Crippen molar-refractivity contribution in [3.8, 4) is 0 Å². The first-order valence-corrected chi connectivity index (χ1v) is 3.50. The Bertz CT molecular complexity index is 331. The summed E-state index contributed by atoms with van der Waals surface area (Å²) in [4.78, 5) is 0. The van der Waals surface area contributed by atoms with Gasteiger partial charge in [0.05, 0.1) is 5.56 Å². The molecule has 1 nitrogen and oxygen atoms in total. The van der Waals surface area contributed by atoms with Gasteiger partial charge in [0.1, 0.15) is 5.82 Å². The van der Waals surface area contributed by atoms with Crippen molar-refractivity contribution >= 4 is 0 Å². The third kappa shape index (κ3) is 1.70. The second-order valence-corrected chi connectivity index (χ2v) is 2.60. The lowest BCUT2D eigenvalue weighted by atomic mass is 10.1. The molecule has 0 saturated carbocycles. The van der Waals surface area contributed by atoms with Crippen molar-refractivity contribution in [2.45, 2.75) is 12.0 Å². The molecule has 1 N–H and O–H groups in total. The predicted molar refractivity (Wildman–Crippen MR) is 37.5 cm³/mol. The second-order valence-electron chi connectivity index (χ2n) is 2.60. The van der Waals surface area contributed by atoms with E-state index in [2.05, 4.69) is 0 Å². The van der Waals surface area contributed by atoms with Crippen LogP contribution in [0.4, 0.5) is 22.0 Å². The summed E-state index contributed by atoms with van der Waals surface area (Å²) >= 11 is 0. The van der Waals surface area contributed by atoms with Crippen LogP contribution < -0.4 is 0 Å². The highest BCUT2D eigenvalue weighted by molar-refractivity contribution is 5.23. The Morgan fingerprint density at radius 1 is 1.00 bits per heavy atom. The smallest absolute Gasteiger partial charge is 0.331 e. The highest BCUT2D eigenvalue weighted by Crippen LogP contribution is 2.41. The predicted octanol–water partition coefficient (Wildman–Crippen LogP) is 2.50. The molecule has 78 valence electrons. The largest absolute Gasteiger partial charge is 0.421 e. The molecule has 1 rings (SSSR count). The van der Waals surface area contributed by atoms with Gasteiger partial charge in [-0.15, -0.1) is 0 Å². The maximum absolute atomic E-state index is 12.7. The molecule has 0 amide bonds. The van der Waals surface area contributed by atoms with E-state index >= 15 is 0 Å². The third-order valence-electron chi connectivity index (χ3n) is 1.59. The lowest BCUT2D eigenvalue weighted by Gasteiger charge is -2.21. The molecule has 0 aliphatic carbocycles. The topological polar surface area (TPSA) is 20.2 Å². The van der Waals surface area contributed by atoms with Crippen molar-refractivity contribution in [3.05, 3.63) is 35.6 Å². The summed E-state index contributed by atoms with van der Waals surface area (Å²) in [6, 6.07) is 3.14. The zero-order chi connectivity index (χ0) is 11.0. The Labute approximate surface area is 75.8 Å². The van der Waals surface area contributed by atoms with Crippen LogP contribution in [-0.2, 0) is 5.92 Å². The van der Waals surface area contributed by atoms with Gasteiger partial charge in [-0.1, -0.05) is 12.1 Å². The van der Waals surface area contributed by atoms with E-state index in [0.29, 0.717) is 12.1 Å². The van der Waals surface area contributed by atoms with Gasteiger partial charge in [0.15, 0.2) is 0 Å². The molecule has 0 bridgehead atoms. The molecule has 0 heterocycles. The van der Waals surface area contributed by atoms with Gasteiger partial charge in [-0.05, 0) is 12.1 Å². The number of aliphatic hydroxyl groups is 1. The molecular formula is C8H5F5O. The summed E-state index contributed by atoms with van der Waals surface area (Å²) in [5, 5.41) is 7.87. The lowest BCUT2D eigenvalue weighted by molar-refractivity contribution is -0.333. The van der Waals surface area contributed by atoms with Gasteiger partial charge in [-0.25, -0.2) is 4.39 Å². The molecule has 0 aromatic heterocycles. The minimum atomic E-state index is -5.28. The fourth-order valence-electron chi connectivity index (χ4n) is 0.878. The summed E-state index contributed by atoms with van der Waals surface area (Å²) in [6.07, 6.45) is -5.28. The zero-order valence-electron chi connectivity index (χ0n) is 6.65. The minimum absolute atomic E-state index is 0.486. The number of hydrogen-bond acceptors (Lipinski definition) is 1. The van der Waals surface area contributed by atoms with E-state index in [1.807, 2.05) is 0 Å². The summed E-state index contributed by atoms with van der Waals surface area (Å²) in [6.45, 7) is 0. The Hall–Kier alpha value is -1.17. The molecule has 1 aromatic carbocycles. The van der Waals surface area contributed by atoms with E-state index in [1.54, 1.807) is 0 Å². The Kier molecular flexibility index (Phi) is 2.49. The van der Waals surface area contributed by atoms with Gasteiger partial charge < -0.3 is 5.11 Å². The maximum Gasteiger partial charge on any atom is 0.421 e. The van der Waals surface area contributed by atoms with E-state index in [1.165, 1.54) is 0 Å². The fraction of sp³-hybridized carbons (Fsp3) is 0.250. The average molecular weight is 212 g/mol. The monoisotopic (exact) mass is 212 g/mol. The maximum atomic E-state index is 12.7. The number of hydrogen-bond donors (Lipinski definition) is 1. The number of alkyl halides is 4. The molecule has 0 fully saturated rings. The molecule has 0 aliphatic heterocycles. The Balaban J connectivity index is 3.23. The van der Waals surface area contributed by atoms with Gasteiger partial charge in [0.2, 0.25) is 0 Å². The SMILES string of the molecule is OC(F)(F)C(F)(F)c1ccccc1F. The third-order valence-corrected chi connectivity index (χ3v) is 1.59. The molecule has 14 heavy (non-hydrogen) atoms. The number of benzene rings is 1. The van der Waals surface area contributed by atoms with Gasteiger partial charge in [-0.2, -0.15) is 17.6 Å². The normalized spacial score (nSPS) is 13.0. The fourth-order valence-corrected chi connectivity index (χ4v) is 0.878. The highest BCUT2D eigenvalue weighted by atomic mass is 19.3. The molecule has 0 spiro atoms. The Morgan fingerprint density at radius 3 is 1.93 bits per heavy atom. The summed E-state index contributed by atoms with van der Waals surface area (Å²) in [5.74, 6) is -6.43. The van der Waals surface area contributed by atoms with Crippen molar-refractivity contribution in [1.29, 1.82) is 0 Å². The van der Waals surface area contributed by atoms with E-state index in [-0.39, 0.29) is 0 Å². The van der Waals surface area contributed by atoms with E-state index in [0.717, 1.165) is 12.1 Å². The van der Waals surface area contributed by atoms with Crippen molar-refractivity contribution in [2.24, 2.45) is 0 Å². The molecule has 0 unspecified atom stereocenters. The molecule has 0 atom stereocenters. The van der Waals surface area contributed by atoms with Crippen molar-refractivity contribution < 1.29 is 27.1 Å². The van der Waals surface area contributed by atoms with Crippen molar-refractivity contribution in [2.75, 3.05) is 0 Å². The van der Waals surface area contributed by atoms with Crippen LogP contribution in [0.15, 0.2) is 24.3 Å². The quantitative estimate of drug-likeness (QED) is 0.746. The first-order valence-electron chi connectivity index (χ1n) is 3.50. The zero-order valence-corrected chi connectivity index (χ0v) is 6.65. The van der Waals surface area contributed by atoms with Crippen LogP contribution in [0.5, 0.6) is 0 Å². The molecular weight excluding hydrogens is 207 g/mol. The van der Waals surface area contributed by atoms with Crippen LogP contribution in [0.2, 0.25) is 0 Å². The van der Waals surface area contributed by atoms with E-state index < -0.39 is 23.4 Å². The molecule has 6 heteroatoms. The number of halogens is 5. The van der Waals surface area contributed by atoms with Crippen LogP contribution >= 0.6 is 0 Å². The first-order chi connectivity index (χ1) is 6.27. The Morgan fingerprint density at radius 2 is 1.50 bits per heavy atom. The van der Waals surface area contributed by atoms with Gasteiger partial charge in [0, 0.05) is 0 Å². The summed E-state index contributed by atoms with van der Waals surface area (Å²) in [5.41, 5.74) is -1.53. The van der Waals surface area contributed by atoms with Crippen LogP contribution in [0.3, 0.4) is 0 Å². The molecule has 0 radical (unpaired) electrons. The average Bonchev–Trinajstić information content (AvgIpc) is 2.02. The minimum Gasteiger partial charge on any atom is -0.331 e. The van der Waals surface area contributed by atoms with Gasteiger partial charge in [0.25, 0.3) is 0 Å². The van der Waals surface area contributed by atoms with Crippen LogP contribution in [0, 0.1) is 5.82 Å². The van der Waals surface area contributed by atoms with Crippen LogP contribution in [0.25, 0.3) is 0 Å². The molecule has 1 aromatic rings. The second kappa shape index (κ2) is 3.20.